The Hall–Kier alpha value is -0.800. The van der Waals surface area contributed by atoms with Gasteiger partial charge in [-0.25, -0.2) is 0 Å². The number of hydrogen-bond donors (Lipinski definition) is 1. The van der Waals surface area contributed by atoms with Gasteiger partial charge in [-0.05, 0) is 44.2 Å². The van der Waals surface area contributed by atoms with Crippen molar-refractivity contribution in [2.75, 3.05) is 13.6 Å². The monoisotopic (exact) mass is 250 g/mol. The molecule has 0 aromatic carbocycles. The number of hydrogen-bond acceptors (Lipinski definition) is 3. The molecular weight excluding hydrogens is 224 g/mol. The van der Waals surface area contributed by atoms with E-state index in [0.717, 1.165) is 19.0 Å². The van der Waals surface area contributed by atoms with Gasteiger partial charge in [0.05, 0.1) is 12.5 Å². The van der Waals surface area contributed by atoms with E-state index in [0.29, 0.717) is 12.0 Å². The highest BCUT2D eigenvalue weighted by Gasteiger charge is 2.27. The standard InChI is InChI=1S/C15H26N2O/c1-3-12-4-5-15(16)14(8-12)10-17(2)9-13-6-7-18-11-13/h6-7,11-12,14-15H,3-5,8-10,16H2,1-2H3. The van der Waals surface area contributed by atoms with Crippen LogP contribution >= 0.6 is 0 Å². The Morgan fingerprint density at radius 1 is 1.44 bits per heavy atom. The summed E-state index contributed by atoms with van der Waals surface area (Å²) in [7, 11) is 2.18. The second kappa shape index (κ2) is 6.39. The second-order valence-corrected chi connectivity index (χ2v) is 5.84. The van der Waals surface area contributed by atoms with Crippen molar-refractivity contribution >= 4 is 0 Å². The smallest absolute Gasteiger partial charge is 0.0947 e. The SMILES string of the molecule is CCC1CCC(N)C(CN(C)Cc2ccoc2)C1. The summed E-state index contributed by atoms with van der Waals surface area (Å²) in [6, 6.07) is 2.42. The Labute approximate surface area is 110 Å². The summed E-state index contributed by atoms with van der Waals surface area (Å²) in [6.07, 6.45) is 8.68. The normalized spacial score (nSPS) is 28.8. The molecule has 3 nitrogen and oxygen atoms in total. The van der Waals surface area contributed by atoms with Crippen LogP contribution in [0.15, 0.2) is 23.0 Å². The first-order chi connectivity index (χ1) is 8.69. The first-order valence-corrected chi connectivity index (χ1v) is 7.14. The molecule has 2 rings (SSSR count). The zero-order chi connectivity index (χ0) is 13.0. The lowest BCUT2D eigenvalue weighted by atomic mass is 9.77. The molecule has 0 saturated heterocycles. The van der Waals surface area contributed by atoms with Gasteiger partial charge in [0.15, 0.2) is 0 Å². The number of nitrogens with zero attached hydrogens (tertiary/aromatic N) is 1. The zero-order valence-electron chi connectivity index (χ0n) is 11.6. The largest absolute Gasteiger partial charge is 0.472 e. The number of rotatable bonds is 5. The molecule has 1 aromatic rings. The predicted octanol–water partition coefficient (Wildman–Crippen LogP) is 2.87. The molecule has 0 bridgehead atoms. The summed E-state index contributed by atoms with van der Waals surface area (Å²) >= 11 is 0. The van der Waals surface area contributed by atoms with Crippen molar-refractivity contribution in [1.29, 1.82) is 0 Å². The van der Waals surface area contributed by atoms with Crippen molar-refractivity contribution in [2.45, 2.75) is 45.2 Å². The van der Waals surface area contributed by atoms with Gasteiger partial charge in [0.1, 0.15) is 0 Å². The van der Waals surface area contributed by atoms with E-state index in [1.54, 1.807) is 6.26 Å². The average Bonchev–Trinajstić information content (AvgIpc) is 2.84. The third-order valence-electron chi connectivity index (χ3n) is 4.31. The Balaban J connectivity index is 1.83. The van der Waals surface area contributed by atoms with Gasteiger partial charge in [-0.2, -0.15) is 0 Å². The van der Waals surface area contributed by atoms with Crippen LogP contribution in [0.4, 0.5) is 0 Å². The molecule has 0 amide bonds. The Morgan fingerprint density at radius 2 is 2.28 bits per heavy atom. The molecule has 102 valence electrons. The van der Waals surface area contributed by atoms with E-state index in [-0.39, 0.29) is 0 Å². The summed E-state index contributed by atoms with van der Waals surface area (Å²) in [6.45, 7) is 4.35. The van der Waals surface area contributed by atoms with Gasteiger partial charge >= 0.3 is 0 Å². The van der Waals surface area contributed by atoms with Gasteiger partial charge in [-0.15, -0.1) is 0 Å². The molecule has 0 spiro atoms. The fraction of sp³-hybridized carbons (Fsp3) is 0.733. The molecule has 3 atom stereocenters. The van der Waals surface area contributed by atoms with Crippen molar-refractivity contribution in [3.63, 3.8) is 0 Å². The topological polar surface area (TPSA) is 42.4 Å². The lowest BCUT2D eigenvalue weighted by Crippen LogP contribution is -2.42. The Bertz CT molecular complexity index is 336. The molecule has 0 radical (unpaired) electrons. The minimum atomic E-state index is 0.389. The number of furan rings is 1. The van der Waals surface area contributed by atoms with Gasteiger partial charge in [0.25, 0.3) is 0 Å². The van der Waals surface area contributed by atoms with Crippen molar-refractivity contribution in [2.24, 2.45) is 17.6 Å². The molecule has 18 heavy (non-hydrogen) atoms. The van der Waals surface area contributed by atoms with Crippen LogP contribution < -0.4 is 5.73 Å². The molecule has 3 heteroatoms. The first kappa shape index (κ1) is 13.6. The first-order valence-electron chi connectivity index (χ1n) is 7.14. The van der Waals surface area contributed by atoms with Gasteiger partial charge in [-0.3, -0.25) is 0 Å². The maximum absolute atomic E-state index is 6.27. The van der Waals surface area contributed by atoms with E-state index in [1.165, 1.54) is 31.2 Å². The molecule has 1 aliphatic rings. The lowest BCUT2D eigenvalue weighted by molar-refractivity contribution is 0.168. The Kier molecular flexibility index (Phi) is 4.84. The third-order valence-corrected chi connectivity index (χ3v) is 4.31. The molecular formula is C15H26N2O. The van der Waals surface area contributed by atoms with E-state index < -0.39 is 0 Å². The number of nitrogens with two attached hydrogens (primary N) is 1. The van der Waals surface area contributed by atoms with Crippen LogP contribution in [0.1, 0.15) is 38.2 Å². The lowest BCUT2D eigenvalue weighted by Gasteiger charge is -2.36. The minimum Gasteiger partial charge on any atom is -0.472 e. The van der Waals surface area contributed by atoms with Crippen molar-refractivity contribution in [3.05, 3.63) is 24.2 Å². The van der Waals surface area contributed by atoms with Crippen LogP contribution in [0.3, 0.4) is 0 Å². The molecule has 1 aliphatic carbocycles. The van der Waals surface area contributed by atoms with Crippen molar-refractivity contribution in [1.82, 2.24) is 4.90 Å². The van der Waals surface area contributed by atoms with Crippen LogP contribution in [0.2, 0.25) is 0 Å². The molecule has 2 N–H and O–H groups in total. The summed E-state index contributed by atoms with van der Waals surface area (Å²) < 4.78 is 5.11. The summed E-state index contributed by atoms with van der Waals surface area (Å²) in [5, 5.41) is 0. The van der Waals surface area contributed by atoms with Crippen molar-refractivity contribution in [3.8, 4) is 0 Å². The summed E-state index contributed by atoms with van der Waals surface area (Å²) in [4.78, 5) is 2.37. The zero-order valence-corrected chi connectivity index (χ0v) is 11.6. The molecule has 0 aliphatic heterocycles. The van der Waals surface area contributed by atoms with Crippen LogP contribution in [0.25, 0.3) is 0 Å². The fourth-order valence-electron chi connectivity index (χ4n) is 3.12. The van der Waals surface area contributed by atoms with Crippen LogP contribution in [-0.2, 0) is 6.54 Å². The quantitative estimate of drug-likeness (QED) is 0.873. The van der Waals surface area contributed by atoms with Gasteiger partial charge in [0.2, 0.25) is 0 Å². The summed E-state index contributed by atoms with van der Waals surface area (Å²) in [5.41, 5.74) is 7.52. The Morgan fingerprint density at radius 3 is 2.94 bits per heavy atom. The third kappa shape index (κ3) is 3.59. The average molecular weight is 250 g/mol. The van der Waals surface area contributed by atoms with Gasteiger partial charge in [0, 0.05) is 24.7 Å². The van der Waals surface area contributed by atoms with E-state index >= 15 is 0 Å². The van der Waals surface area contributed by atoms with E-state index in [2.05, 4.69) is 18.9 Å². The maximum Gasteiger partial charge on any atom is 0.0947 e. The van der Waals surface area contributed by atoms with Crippen LogP contribution in [-0.4, -0.2) is 24.5 Å². The highest BCUT2D eigenvalue weighted by Crippen LogP contribution is 2.30. The molecule has 1 fully saturated rings. The van der Waals surface area contributed by atoms with Gasteiger partial charge < -0.3 is 15.1 Å². The van der Waals surface area contributed by atoms with Gasteiger partial charge in [-0.1, -0.05) is 13.3 Å². The van der Waals surface area contributed by atoms with E-state index in [9.17, 15) is 0 Å². The molecule has 1 saturated carbocycles. The second-order valence-electron chi connectivity index (χ2n) is 5.84. The highest BCUT2D eigenvalue weighted by molar-refractivity contribution is 5.04. The van der Waals surface area contributed by atoms with Crippen LogP contribution in [0, 0.1) is 11.8 Å². The van der Waals surface area contributed by atoms with E-state index in [1.807, 2.05) is 12.3 Å². The van der Waals surface area contributed by atoms with Crippen molar-refractivity contribution < 1.29 is 4.42 Å². The van der Waals surface area contributed by atoms with E-state index in [4.69, 9.17) is 10.2 Å². The predicted molar refractivity (Wildman–Crippen MR) is 74.1 cm³/mol. The molecule has 3 unspecified atom stereocenters. The molecule has 1 heterocycles. The van der Waals surface area contributed by atoms with Crippen LogP contribution in [0.5, 0.6) is 0 Å². The summed E-state index contributed by atoms with van der Waals surface area (Å²) in [5.74, 6) is 1.54. The molecule has 1 aromatic heterocycles. The minimum absolute atomic E-state index is 0.389. The maximum atomic E-state index is 6.27. The highest BCUT2D eigenvalue weighted by atomic mass is 16.3. The fourth-order valence-corrected chi connectivity index (χ4v) is 3.12.